The minimum atomic E-state index is -0.218. The van der Waals surface area contributed by atoms with Gasteiger partial charge in [0.25, 0.3) is 0 Å². The van der Waals surface area contributed by atoms with Gasteiger partial charge in [-0.2, -0.15) is 0 Å². The van der Waals surface area contributed by atoms with Crippen LogP contribution in [0.3, 0.4) is 0 Å². The molecule has 0 amide bonds. The first-order valence-corrected chi connectivity index (χ1v) is 4.90. The Labute approximate surface area is 90.0 Å². The molecule has 0 bridgehead atoms. The van der Waals surface area contributed by atoms with E-state index in [1.165, 1.54) is 0 Å². The minimum Gasteiger partial charge on any atom is -0.232 e. The summed E-state index contributed by atoms with van der Waals surface area (Å²) in [5.41, 5.74) is 3.70. The summed E-state index contributed by atoms with van der Waals surface area (Å²) in [5, 5.41) is 11.1. The van der Waals surface area contributed by atoms with Crippen molar-refractivity contribution in [2.24, 2.45) is 0 Å². The van der Waals surface area contributed by atoms with Crippen molar-refractivity contribution in [3.63, 3.8) is 0 Å². The zero-order valence-electron chi connectivity index (χ0n) is 8.44. The summed E-state index contributed by atoms with van der Waals surface area (Å²) < 4.78 is 0. The smallest absolute Gasteiger partial charge is 0.108 e. The summed E-state index contributed by atoms with van der Waals surface area (Å²) in [4.78, 5) is 0. The van der Waals surface area contributed by atoms with Crippen LogP contribution < -0.4 is 0 Å². The van der Waals surface area contributed by atoms with E-state index in [9.17, 15) is 5.11 Å². The molecule has 74 valence electrons. The second kappa shape index (κ2) is 4.28. The summed E-state index contributed by atoms with van der Waals surface area (Å²) in [6.45, 7) is 3.66. The van der Waals surface area contributed by atoms with Crippen molar-refractivity contribution in [1.82, 2.24) is 0 Å². The van der Waals surface area contributed by atoms with Crippen molar-refractivity contribution in [3.8, 4) is 11.1 Å². The third-order valence-electron chi connectivity index (χ3n) is 2.50. The van der Waals surface area contributed by atoms with E-state index in [1.54, 1.807) is 0 Å². The standard InChI is InChI=1S/C14H12O/c1-11-6-5-9-13(14(11)10-15)12-7-3-2-4-8-12/h2-9H,1,10H2. The molecule has 0 saturated heterocycles. The van der Waals surface area contributed by atoms with Gasteiger partial charge in [0.15, 0.2) is 0 Å². The van der Waals surface area contributed by atoms with Crippen LogP contribution in [0.2, 0.25) is 0 Å². The van der Waals surface area contributed by atoms with E-state index in [-0.39, 0.29) is 6.61 Å². The second-order valence-corrected chi connectivity index (χ2v) is 3.45. The van der Waals surface area contributed by atoms with E-state index in [0.29, 0.717) is 0 Å². The average molecular weight is 196 g/mol. The monoisotopic (exact) mass is 196 g/mol. The van der Waals surface area contributed by atoms with E-state index in [0.717, 1.165) is 22.3 Å². The number of hydrogen-bond acceptors (Lipinski definition) is 0. The van der Waals surface area contributed by atoms with Gasteiger partial charge in [-0.3, -0.25) is 0 Å². The highest BCUT2D eigenvalue weighted by Crippen LogP contribution is 2.25. The molecule has 0 N–H and O–H groups in total. The Bertz CT molecular complexity index is 446. The molecule has 0 aromatic heterocycles. The highest BCUT2D eigenvalue weighted by atomic mass is 16.3. The van der Waals surface area contributed by atoms with E-state index < -0.39 is 0 Å². The third-order valence-corrected chi connectivity index (χ3v) is 2.50. The summed E-state index contributed by atoms with van der Waals surface area (Å²) in [6.07, 6.45) is 0. The van der Waals surface area contributed by atoms with Crippen LogP contribution in [0.4, 0.5) is 0 Å². The van der Waals surface area contributed by atoms with E-state index >= 15 is 0 Å². The van der Waals surface area contributed by atoms with Crippen molar-refractivity contribution in [1.29, 1.82) is 0 Å². The molecule has 2 rings (SSSR count). The maximum Gasteiger partial charge on any atom is 0.108 e. The first-order chi connectivity index (χ1) is 7.33. The van der Waals surface area contributed by atoms with Crippen molar-refractivity contribution in [2.75, 3.05) is 0 Å². The molecule has 2 radical (unpaired) electrons. The maximum atomic E-state index is 11.1. The number of rotatable bonds is 2. The molecule has 2 aromatic rings. The summed E-state index contributed by atoms with van der Waals surface area (Å²) in [6, 6.07) is 15.7. The summed E-state index contributed by atoms with van der Waals surface area (Å²) in [5.74, 6) is 0. The lowest BCUT2D eigenvalue weighted by molar-refractivity contribution is 0.177. The molecule has 0 heterocycles. The molecule has 1 heteroatoms. The fourth-order valence-electron chi connectivity index (χ4n) is 1.69. The van der Waals surface area contributed by atoms with Gasteiger partial charge in [-0.25, -0.2) is 5.11 Å². The van der Waals surface area contributed by atoms with Crippen molar-refractivity contribution in [3.05, 3.63) is 66.6 Å². The Hall–Kier alpha value is -1.60. The molecule has 0 fully saturated rings. The topological polar surface area (TPSA) is 19.9 Å². The molecule has 15 heavy (non-hydrogen) atoms. The molecule has 0 spiro atoms. The second-order valence-electron chi connectivity index (χ2n) is 3.45. The molecule has 0 saturated carbocycles. The van der Waals surface area contributed by atoms with Crippen LogP contribution >= 0.6 is 0 Å². The minimum absolute atomic E-state index is 0.218. The highest BCUT2D eigenvalue weighted by molar-refractivity contribution is 5.68. The fourth-order valence-corrected chi connectivity index (χ4v) is 1.69. The van der Waals surface area contributed by atoms with Crippen LogP contribution in [0.5, 0.6) is 0 Å². The molecule has 0 aliphatic carbocycles. The quantitative estimate of drug-likeness (QED) is 0.701. The molecular formula is C14H12O. The maximum absolute atomic E-state index is 11.1. The van der Waals surface area contributed by atoms with Gasteiger partial charge in [0.1, 0.15) is 6.61 Å². The van der Waals surface area contributed by atoms with Gasteiger partial charge in [-0.1, -0.05) is 48.5 Å². The number of hydrogen-bond donors (Lipinski definition) is 0. The molecule has 0 aliphatic heterocycles. The predicted molar refractivity (Wildman–Crippen MR) is 60.7 cm³/mol. The Balaban J connectivity index is 2.58. The van der Waals surface area contributed by atoms with Crippen LogP contribution in [0.25, 0.3) is 11.1 Å². The van der Waals surface area contributed by atoms with Crippen molar-refractivity contribution in [2.45, 2.75) is 6.61 Å². The summed E-state index contributed by atoms with van der Waals surface area (Å²) >= 11 is 0. The first-order valence-electron chi connectivity index (χ1n) is 4.90. The van der Waals surface area contributed by atoms with Gasteiger partial charge in [0.2, 0.25) is 0 Å². The lowest BCUT2D eigenvalue weighted by Gasteiger charge is -2.09. The number of benzene rings is 2. The van der Waals surface area contributed by atoms with Crippen LogP contribution in [-0.2, 0) is 11.7 Å². The van der Waals surface area contributed by atoms with Gasteiger partial charge in [-0.15, -0.1) is 0 Å². The molecule has 0 unspecified atom stereocenters. The fraction of sp³-hybridized carbons (Fsp3) is 0.0714. The van der Waals surface area contributed by atoms with E-state index in [1.807, 2.05) is 48.5 Å². The molecular weight excluding hydrogens is 184 g/mol. The van der Waals surface area contributed by atoms with Crippen molar-refractivity contribution >= 4 is 0 Å². The zero-order valence-corrected chi connectivity index (χ0v) is 8.44. The molecule has 0 atom stereocenters. The lowest BCUT2D eigenvalue weighted by atomic mass is 9.97. The average Bonchev–Trinajstić information content (AvgIpc) is 2.30. The Kier molecular flexibility index (Phi) is 2.84. The van der Waals surface area contributed by atoms with Crippen LogP contribution in [0.1, 0.15) is 11.1 Å². The lowest BCUT2D eigenvalue weighted by Crippen LogP contribution is -1.92. The Morgan fingerprint density at radius 3 is 2.33 bits per heavy atom. The zero-order chi connectivity index (χ0) is 10.7. The van der Waals surface area contributed by atoms with Crippen molar-refractivity contribution < 1.29 is 5.11 Å². The van der Waals surface area contributed by atoms with Gasteiger partial charge < -0.3 is 0 Å². The molecule has 1 nitrogen and oxygen atoms in total. The van der Waals surface area contributed by atoms with E-state index in [2.05, 4.69) is 6.92 Å². The van der Waals surface area contributed by atoms with Gasteiger partial charge in [0.05, 0.1) is 0 Å². The predicted octanol–water partition coefficient (Wildman–Crippen LogP) is 3.47. The molecule has 2 aromatic carbocycles. The van der Waals surface area contributed by atoms with Crippen LogP contribution in [0, 0.1) is 6.92 Å². The van der Waals surface area contributed by atoms with Gasteiger partial charge in [0, 0.05) is 0 Å². The first kappa shape index (κ1) is 9.94. The SMILES string of the molecule is [CH2]c1cccc(-c2ccccc2)c1C[O]. The van der Waals surface area contributed by atoms with Crippen LogP contribution in [0.15, 0.2) is 48.5 Å². The third kappa shape index (κ3) is 1.92. The highest BCUT2D eigenvalue weighted by Gasteiger charge is 2.06. The molecule has 0 aliphatic rings. The van der Waals surface area contributed by atoms with Gasteiger partial charge >= 0.3 is 0 Å². The van der Waals surface area contributed by atoms with Gasteiger partial charge in [-0.05, 0) is 29.2 Å². The normalized spacial score (nSPS) is 10.3. The summed E-state index contributed by atoms with van der Waals surface area (Å²) in [7, 11) is 0. The largest absolute Gasteiger partial charge is 0.232 e. The Morgan fingerprint density at radius 1 is 0.933 bits per heavy atom. The van der Waals surface area contributed by atoms with E-state index in [4.69, 9.17) is 0 Å². The van der Waals surface area contributed by atoms with Crippen LogP contribution in [-0.4, -0.2) is 0 Å². The Morgan fingerprint density at radius 2 is 1.67 bits per heavy atom.